The Morgan fingerprint density at radius 2 is 0.707 bits per heavy atom. The van der Waals surface area contributed by atoms with Gasteiger partial charge in [-0.15, -0.1) is 0 Å². The molecule has 2 rings (SSSR count). The normalized spacial score (nSPS) is 10.3. The molecule has 4 amide bonds. The highest BCUT2D eigenvalue weighted by atomic mass is 17.2. The van der Waals surface area contributed by atoms with Gasteiger partial charge in [0, 0.05) is 28.2 Å². The summed E-state index contributed by atoms with van der Waals surface area (Å²) in [6.45, 7) is 6.56. The zero-order valence-corrected chi connectivity index (χ0v) is 34.3. The van der Waals surface area contributed by atoms with Crippen LogP contribution in [-0.2, 0) is 28.7 Å². The predicted octanol–water partition coefficient (Wildman–Crippen LogP) is 5.87. The van der Waals surface area contributed by atoms with Crippen molar-refractivity contribution in [1.82, 2.24) is 19.6 Å². The molecular weight excluding hydrogens is 768 g/mol. The van der Waals surface area contributed by atoms with Crippen LogP contribution >= 0.6 is 0 Å². The third kappa shape index (κ3) is 15.7. The summed E-state index contributed by atoms with van der Waals surface area (Å²) in [5.41, 5.74) is -0.591. The average molecular weight is 823 g/mol. The minimum absolute atomic E-state index is 0.0445. The summed E-state index contributed by atoms with van der Waals surface area (Å²) in [5.74, 6) is -2.99. The molecule has 0 heterocycles. The van der Waals surface area contributed by atoms with Gasteiger partial charge in [0.2, 0.25) is 0 Å². The van der Waals surface area contributed by atoms with E-state index < -0.39 is 49.8 Å². The largest absolute Gasteiger partial charge is 0.469 e. The second kappa shape index (κ2) is 25.7. The molecule has 0 N–H and O–H groups in total. The topological polar surface area (TPSA) is 208 Å². The zero-order valence-electron chi connectivity index (χ0n) is 34.3. The number of para-hydroxylation sites is 2. The number of rotatable bonds is 22. The lowest BCUT2D eigenvalue weighted by Crippen LogP contribution is -2.33. The summed E-state index contributed by atoms with van der Waals surface area (Å²) in [6.07, 6.45) is -0.334. The van der Waals surface area contributed by atoms with Crippen LogP contribution in [0.15, 0.2) is 36.4 Å². The van der Waals surface area contributed by atoms with Gasteiger partial charge in [-0.25, -0.2) is 38.5 Å². The molecule has 20 nitrogen and oxygen atoms in total. The van der Waals surface area contributed by atoms with E-state index in [1.165, 1.54) is 64.6 Å². The molecule has 0 unspecified atom stereocenters. The fourth-order valence-corrected chi connectivity index (χ4v) is 4.11. The summed E-state index contributed by atoms with van der Waals surface area (Å²) >= 11 is 0. The van der Waals surface area contributed by atoms with Crippen LogP contribution in [0, 0.1) is 0 Å². The van der Waals surface area contributed by atoms with Crippen LogP contribution in [0.5, 0.6) is 23.0 Å². The Hall–Kier alpha value is -6.34. The van der Waals surface area contributed by atoms with Crippen LogP contribution in [0.25, 0.3) is 0 Å². The molecule has 58 heavy (non-hydrogen) atoms. The summed E-state index contributed by atoms with van der Waals surface area (Å²) in [5, 5.41) is 0. The highest BCUT2D eigenvalue weighted by Crippen LogP contribution is 2.34. The molecule has 0 atom stereocenters. The van der Waals surface area contributed by atoms with Gasteiger partial charge in [-0.3, -0.25) is 19.6 Å². The van der Waals surface area contributed by atoms with E-state index in [9.17, 15) is 28.8 Å². The molecule has 0 aromatic heterocycles. The van der Waals surface area contributed by atoms with E-state index in [1.807, 2.05) is 27.7 Å². The van der Waals surface area contributed by atoms with Crippen LogP contribution in [0.4, 0.5) is 19.2 Å². The van der Waals surface area contributed by atoms with Gasteiger partial charge in [-0.2, -0.15) is 0 Å². The van der Waals surface area contributed by atoms with Gasteiger partial charge in [-0.05, 0) is 49.9 Å². The molecule has 0 spiro atoms. The molecule has 2 aromatic rings. The minimum atomic E-state index is -1.22. The van der Waals surface area contributed by atoms with Crippen molar-refractivity contribution < 1.29 is 76.4 Å². The van der Waals surface area contributed by atoms with Gasteiger partial charge < -0.3 is 37.9 Å². The first-order chi connectivity index (χ1) is 27.8. The van der Waals surface area contributed by atoms with Crippen molar-refractivity contribution in [3.63, 3.8) is 0 Å². The number of hydrogen-bond acceptors (Lipinski definition) is 16. The molecular formula is C38H54N4O16. The van der Waals surface area contributed by atoms with Gasteiger partial charge in [-0.1, -0.05) is 39.8 Å². The number of ether oxygens (including phenoxy) is 8. The first kappa shape index (κ1) is 47.8. The van der Waals surface area contributed by atoms with E-state index >= 15 is 0 Å². The maximum absolute atomic E-state index is 13.5. The molecule has 322 valence electrons. The number of nitrogens with zero attached hydrogens (tertiary/aromatic N) is 4. The van der Waals surface area contributed by atoms with Crippen molar-refractivity contribution in [1.29, 1.82) is 0 Å². The molecule has 0 aliphatic carbocycles. The van der Waals surface area contributed by atoms with Crippen LogP contribution in [0.2, 0.25) is 0 Å². The SMILES string of the molecule is CCCOC(=O)N(C)COc1cccc(C(=O)OOC(=O)c2cccc(OCN(C)C(=O)OCCC)c2OCN(C)C(=O)OCCC)c1OCN(C)C(=O)OCCC. The van der Waals surface area contributed by atoms with Gasteiger partial charge in [0.05, 0.1) is 26.4 Å². The lowest BCUT2D eigenvalue weighted by atomic mass is 10.2. The van der Waals surface area contributed by atoms with Gasteiger partial charge in [0.1, 0.15) is 11.1 Å². The summed E-state index contributed by atoms with van der Waals surface area (Å²) in [7, 11) is 5.67. The maximum atomic E-state index is 13.5. The lowest BCUT2D eigenvalue weighted by Gasteiger charge is -2.22. The molecule has 0 radical (unpaired) electrons. The molecule has 0 aliphatic heterocycles. The fourth-order valence-electron chi connectivity index (χ4n) is 4.11. The molecule has 0 fully saturated rings. The third-order valence-corrected chi connectivity index (χ3v) is 7.19. The third-order valence-electron chi connectivity index (χ3n) is 7.19. The van der Waals surface area contributed by atoms with Crippen molar-refractivity contribution in [3.05, 3.63) is 47.5 Å². The molecule has 0 aliphatic rings. The molecule has 20 heteroatoms. The van der Waals surface area contributed by atoms with Crippen LogP contribution < -0.4 is 18.9 Å². The average Bonchev–Trinajstić information content (AvgIpc) is 3.23. The van der Waals surface area contributed by atoms with E-state index in [-0.39, 0.29) is 74.0 Å². The standard InChI is InChI=1S/C38H54N4O16/c1-9-19-49-35(45)39(5)23-53-29-17-13-15-27(31(29)55-25-41(7)37(47)51-21-11-3)33(43)57-58-34(44)28-16-14-18-30(54-24-40(6)36(46)50-20-10-2)32(28)56-26-42(8)38(48)52-22-12-4/h13-18H,9-12,19-26H2,1-8H3. The van der Waals surface area contributed by atoms with Crippen LogP contribution in [0.3, 0.4) is 0 Å². The molecule has 0 saturated heterocycles. The Bertz CT molecular complexity index is 1540. The minimum Gasteiger partial charge on any atom is -0.469 e. The molecule has 2 aromatic carbocycles. The first-order valence-corrected chi connectivity index (χ1v) is 18.5. The number of carbonyl (C=O) groups excluding carboxylic acids is 6. The van der Waals surface area contributed by atoms with Crippen LogP contribution in [0.1, 0.15) is 74.1 Å². The monoisotopic (exact) mass is 822 g/mol. The lowest BCUT2D eigenvalue weighted by molar-refractivity contribution is -0.187. The second-order valence-electron chi connectivity index (χ2n) is 12.4. The highest BCUT2D eigenvalue weighted by Gasteiger charge is 2.27. The quantitative estimate of drug-likeness (QED) is 0.0588. The second-order valence-corrected chi connectivity index (χ2v) is 12.4. The van der Waals surface area contributed by atoms with Crippen molar-refractivity contribution in [2.45, 2.75) is 53.4 Å². The Balaban J connectivity index is 2.38. The summed E-state index contributed by atoms with van der Waals surface area (Å²) in [4.78, 5) is 90.7. The van der Waals surface area contributed by atoms with Gasteiger partial charge in [0.15, 0.2) is 49.9 Å². The van der Waals surface area contributed by atoms with E-state index in [0.29, 0.717) is 25.7 Å². The molecule has 0 bridgehead atoms. The van der Waals surface area contributed by atoms with Crippen molar-refractivity contribution in [2.24, 2.45) is 0 Å². The Morgan fingerprint density at radius 1 is 0.431 bits per heavy atom. The van der Waals surface area contributed by atoms with Gasteiger partial charge >= 0.3 is 36.3 Å². The Kier molecular flexibility index (Phi) is 21.2. The Labute approximate surface area is 337 Å². The van der Waals surface area contributed by atoms with E-state index in [4.69, 9.17) is 47.7 Å². The fraction of sp³-hybridized carbons (Fsp3) is 0.526. The highest BCUT2D eigenvalue weighted by molar-refractivity contribution is 5.96. The summed E-state index contributed by atoms with van der Waals surface area (Å²) in [6, 6.07) is 8.27. The summed E-state index contributed by atoms with van der Waals surface area (Å²) < 4.78 is 43.7. The number of hydrogen-bond donors (Lipinski definition) is 0. The van der Waals surface area contributed by atoms with E-state index in [2.05, 4.69) is 0 Å². The van der Waals surface area contributed by atoms with Gasteiger partial charge in [0.25, 0.3) is 0 Å². The zero-order chi connectivity index (χ0) is 43.0. The smallest absolute Gasteiger partial charge is 0.412 e. The Morgan fingerprint density at radius 3 is 0.983 bits per heavy atom. The van der Waals surface area contributed by atoms with Crippen molar-refractivity contribution >= 4 is 36.3 Å². The van der Waals surface area contributed by atoms with Crippen molar-refractivity contribution in [3.8, 4) is 23.0 Å². The van der Waals surface area contributed by atoms with E-state index in [0.717, 1.165) is 19.6 Å². The number of amides is 4. The van der Waals surface area contributed by atoms with Crippen LogP contribution in [-0.4, -0.2) is 137 Å². The predicted molar refractivity (Wildman–Crippen MR) is 203 cm³/mol. The first-order valence-electron chi connectivity index (χ1n) is 18.5. The molecule has 0 saturated carbocycles. The maximum Gasteiger partial charge on any atom is 0.412 e. The van der Waals surface area contributed by atoms with E-state index in [1.54, 1.807) is 0 Å². The van der Waals surface area contributed by atoms with Crippen molar-refractivity contribution in [2.75, 3.05) is 81.5 Å². The number of benzene rings is 2. The number of carbonyl (C=O) groups is 6.